The second-order valence-electron chi connectivity index (χ2n) is 6.87. The van der Waals surface area contributed by atoms with Crippen LogP contribution < -0.4 is 9.64 Å². The van der Waals surface area contributed by atoms with E-state index in [2.05, 4.69) is 22.9 Å². The van der Waals surface area contributed by atoms with Gasteiger partial charge in [-0.1, -0.05) is 30.7 Å². The molecule has 4 rings (SSSR count). The second kappa shape index (κ2) is 8.57. The Morgan fingerprint density at radius 1 is 1.07 bits per heavy atom. The lowest BCUT2D eigenvalue weighted by Gasteiger charge is -2.33. The third kappa shape index (κ3) is 4.25. The summed E-state index contributed by atoms with van der Waals surface area (Å²) < 4.78 is 6.11. The number of hydrogen-bond acceptors (Lipinski definition) is 5. The molecule has 3 aromatic rings. The summed E-state index contributed by atoms with van der Waals surface area (Å²) in [5.74, 6) is 2.50. The van der Waals surface area contributed by atoms with E-state index in [0.717, 1.165) is 61.0 Å². The highest BCUT2D eigenvalue weighted by molar-refractivity contribution is 6.32. The van der Waals surface area contributed by atoms with Crippen molar-refractivity contribution in [1.82, 2.24) is 15.0 Å². The van der Waals surface area contributed by atoms with Gasteiger partial charge in [0.25, 0.3) is 0 Å². The van der Waals surface area contributed by atoms with Gasteiger partial charge >= 0.3 is 0 Å². The first-order chi connectivity index (χ1) is 13.7. The number of rotatable bonds is 5. The van der Waals surface area contributed by atoms with Crippen LogP contribution in [0.25, 0.3) is 11.4 Å². The van der Waals surface area contributed by atoms with Crippen LogP contribution in [0.15, 0.2) is 54.9 Å². The summed E-state index contributed by atoms with van der Waals surface area (Å²) in [6.07, 6.45) is 6.45. The average Bonchev–Trinajstić information content (AvgIpc) is 2.76. The van der Waals surface area contributed by atoms with Crippen LogP contribution >= 0.6 is 11.6 Å². The fourth-order valence-corrected chi connectivity index (χ4v) is 3.56. The number of aryl methyl sites for hydroxylation is 1. The largest absolute Gasteiger partial charge is 0.489 e. The molecule has 0 bridgehead atoms. The summed E-state index contributed by atoms with van der Waals surface area (Å²) in [4.78, 5) is 15.9. The van der Waals surface area contributed by atoms with E-state index in [1.807, 2.05) is 36.4 Å². The molecular weight excluding hydrogens is 372 g/mol. The first-order valence-electron chi connectivity index (χ1n) is 9.67. The quantitative estimate of drug-likeness (QED) is 0.622. The van der Waals surface area contributed by atoms with Gasteiger partial charge in [0.05, 0.1) is 5.02 Å². The maximum Gasteiger partial charge on any atom is 0.161 e. The van der Waals surface area contributed by atoms with Crippen molar-refractivity contribution in [3.05, 3.63) is 65.6 Å². The van der Waals surface area contributed by atoms with Gasteiger partial charge in [0.1, 0.15) is 17.7 Å². The van der Waals surface area contributed by atoms with Gasteiger partial charge < -0.3 is 9.64 Å². The minimum absolute atomic E-state index is 0.170. The Morgan fingerprint density at radius 3 is 2.54 bits per heavy atom. The van der Waals surface area contributed by atoms with Gasteiger partial charge in [0, 0.05) is 55.6 Å². The zero-order valence-corrected chi connectivity index (χ0v) is 16.6. The van der Waals surface area contributed by atoms with E-state index >= 15 is 0 Å². The van der Waals surface area contributed by atoms with Crippen LogP contribution in [-0.4, -0.2) is 34.1 Å². The van der Waals surface area contributed by atoms with E-state index in [-0.39, 0.29) is 6.10 Å². The molecule has 0 unspecified atom stereocenters. The molecule has 0 atom stereocenters. The second-order valence-corrected chi connectivity index (χ2v) is 7.27. The van der Waals surface area contributed by atoms with Crippen LogP contribution in [0.1, 0.15) is 25.5 Å². The third-order valence-electron chi connectivity index (χ3n) is 4.96. The number of benzene rings is 1. The van der Waals surface area contributed by atoms with Crippen molar-refractivity contribution in [2.24, 2.45) is 0 Å². The van der Waals surface area contributed by atoms with Crippen molar-refractivity contribution < 1.29 is 4.74 Å². The zero-order valence-electron chi connectivity index (χ0n) is 15.9. The number of anilines is 1. The van der Waals surface area contributed by atoms with Gasteiger partial charge in [-0.25, -0.2) is 9.97 Å². The molecule has 1 saturated heterocycles. The summed E-state index contributed by atoms with van der Waals surface area (Å²) in [6.45, 7) is 3.91. The number of pyridine rings is 1. The Balaban J connectivity index is 1.48. The minimum atomic E-state index is 0.170. The van der Waals surface area contributed by atoms with E-state index in [1.165, 1.54) is 0 Å². The van der Waals surface area contributed by atoms with Crippen molar-refractivity contribution >= 4 is 17.4 Å². The Morgan fingerprint density at radius 2 is 1.82 bits per heavy atom. The van der Waals surface area contributed by atoms with E-state index < -0.39 is 0 Å². The summed E-state index contributed by atoms with van der Waals surface area (Å²) >= 11 is 6.22. The summed E-state index contributed by atoms with van der Waals surface area (Å²) in [5, 5.41) is 0.662. The van der Waals surface area contributed by atoms with Crippen molar-refractivity contribution in [3.63, 3.8) is 0 Å². The lowest BCUT2D eigenvalue weighted by molar-refractivity contribution is 0.171. The van der Waals surface area contributed by atoms with Crippen LogP contribution in [0.3, 0.4) is 0 Å². The molecular formula is C22H23ClN4O. The van der Waals surface area contributed by atoms with E-state index in [1.54, 1.807) is 12.4 Å². The highest BCUT2D eigenvalue weighted by Gasteiger charge is 2.23. The molecule has 28 heavy (non-hydrogen) atoms. The molecule has 2 aromatic heterocycles. The van der Waals surface area contributed by atoms with Gasteiger partial charge in [-0.2, -0.15) is 0 Å². The fraction of sp³-hybridized carbons (Fsp3) is 0.318. The number of para-hydroxylation sites is 1. The van der Waals surface area contributed by atoms with Crippen molar-refractivity contribution in [1.29, 1.82) is 0 Å². The lowest BCUT2D eigenvalue weighted by Crippen LogP contribution is -2.38. The Bertz CT molecular complexity index is 927. The van der Waals surface area contributed by atoms with Gasteiger partial charge in [-0.15, -0.1) is 0 Å². The highest BCUT2D eigenvalue weighted by atomic mass is 35.5. The van der Waals surface area contributed by atoms with Crippen LogP contribution in [0.4, 0.5) is 5.82 Å². The number of halogens is 1. The Hall–Kier alpha value is -2.66. The standard InChI is InChI=1S/C22H23ClN4O/c1-2-17-15-21(26-22(25-17)16-7-11-24-12-8-16)27-13-9-18(10-14-27)28-20-6-4-3-5-19(20)23/h3-8,11-12,15,18H,2,9-10,13-14H2,1H3. The molecule has 1 aliphatic rings. The molecule has 1 aromatic carbocycles. The molecule has 0 aliphatic carbocycles. The number of piperidine rings is 1. The molecule has 0 spiro atoms. The monoisotopic (exact) mass is 394 g/mol. The smallest absolute Gasteiger partial charge is 0.161 e. The Labute approximate surface area is 170 Å². The van der Waals surface area contributed by atoms with Gasteiger partial charge in [-0.3, -0.25) is 4.98 Å². The Kier molecular flexibility index (Phi) is 5.72. The van der Waals surface area contributed by atoms with Crippen LogP contribution in [0.5, 0.6) is 5.75 Å². The molecule has 5 nitrogen and oxygen atoms in total. The van der Waals surface area contributed by atoms with E-state index in [4.69, 9.17) is 26.3 Å². The zero-order chi connectivity index (χ0) is 19.3. The van der Waals surface area contributed by atoms with Gasteiger partial charge in [0.2, 0.25) is 0 Å². The number of hydrogen-bond donors (Lipinski definition) is 0. The van der Waals surface area contributed by atoms with Crippen molar-refractivity contribution in [3.8, 4) is 17.1 Å². The van der Waals surface area contributed by atoms with Crippen molar-refractivity contribution in [2.75, 3.05) is 18.0 Å². The lowest BCUT2D eigenvalue weighted by atomic mass is 10.1. The molecule has 144 valence electrons. The minimum Gasteiger partial charge on any atom is -0.489 e. The molecule has 3 heterocycles. The maximum atomic E-state index is 6.22. The highest BCUT2D eigenvalue weighted by Crippen LogP contribution is 2.28. The molecule has 0 saturated carbocycles. The molecule has 0 amide bonds. The first-order valence-corrected chi connectivity index (χ1v) is 10.0. The normalized spacial score (nSPS) is 14.9. The topological polar surface area (TPSA) is 51.1 Å². The number of ether oxygens (including phenoxy) is 1. The molecule has 0 N–H and O–H groups in total. The number of aromatic nitrogens is 3. The predicted octanol–water partition coefficient (Wildman–Crippen LogP) is 4.80. The molecule has 1 fully saturated rings. The molecule has 0 radical (unpaired) electrons. The third-order valence-corrected chi connectivity index (χ3v) is 5.27. The predicted molar refractivity (Wildman–Crippen MR) is 112 cm³/mol. The molecule has 1 aliphatic heterocycles. The van der Waals surface area contributed by atoms with E-state index in [0.29, 0.717) is 5.02 Å². The van der Waals surface area contributed by atoms with Crippen LogP contribution in [0, 0.1) is 0 Å². The molecule has 6 heteroatoms. The summed E-state index contributed by atoms with van der Waals surface area (Å²) in [5.41, 5.74) is 2.04. The maximum absolute atomic E-state index is 6.22. The van der Waals surface area contributed by atoms with E-state index in [9.17, 15) is 0 Å². The SMILES string of the molecule is CCc1cc(N2CCC(Oc3ccccc3Cl)CC2)nc(-c2ccncc2)n1. The van der Waals surface area contributed by atoms with Gasteiger partial charge in [0.15, 0.2) is 5.82 Å². The summed E-state index contributed by atoms with van der Waals surface area (Å²) in [6, 6.07) is 13.6. The summed E-state index contributed by atoms with van der Waals surface area (Å²) in [7, 11) is 0. The van der Waals surface area contributed by atoms with Crippen LogP contribution in [0.2, 0.25) is 5.02 Å². The number of nitrogens with zero attached hydrogens (tertiary/aromatic N) is 4. The van der Waals surface area contributed by atoms with Crippen LogP contribution in [-0.2, 0) is 6.42 Å². The average molecular weight is 395 g/mol. The first kappa shape index (κ1) is 18.7. The van der Waals surface area contributed by atoms with Gasteiger partial charge in [-0.05, 0) is 30.7 Å². The van der Waals surface area contributed by atoms with Crippen molar-refractivity contribution in [2.45, 2.75) is 32.3 Å². The fourth-order valence-electron chi connectivity index (χ4n) is 3.38.